The predicted molar refractivity (Wildman–Crippen MR) is 107 cm³/mol. The minimum atomic E-state index is -1.79. The average molecular weight is 355 g/mol. The van der Waals surface area contributed by atoms with Crippen molar-refractivity contribution in [3.8, 4) is 11.5 Å². The Morgan fingerprint density at radius 3 is 2.16 bits per heavy atom. The molecule has 0 N–H and O–H groups in total. The van der Waals surface area contributed by atoms with Gasteiger partial charge in [-0.1, -0.05) is 64.4 Å². The number of nitrogens with zero attached hydrogens (tertiary/aromatic N) is 2. The van der Waals surface area contributed by atoms with E-state index in [0.717, 1.165) is 5.56 Å². The molecule has 134 valence electrons. The van der Waals surface area contributed by atoms with E-state index in [4.69, 9.17) is 0 Å². The average Bonchev–Trinajstić information content (AvgIpc) is 2.87. The molecule has 0 aliphatic carbocycles. The van der Waals surface area contributed by atoms with Gasteiger partial charge in [0.15, 0.2) is 0 Å². The van der Waals surface area contributed by atoms with Gasteiger partial charge in [0.05, 0.1) is 6.42 Å². The predicted octanol–water partition coefficient (Wildman–Crippen LogP) is 3.79. The summed E-state index contributed by atoms with van der Waals surface area (Å²) in [5.74, 6) is 3.37. The molecule has 0 saturated carbocycles. The highest BCUT2D eigenvalue weighted by Crippen LogP contribution is 2.40. The maximum absolute atomic E-state index is 11.9. The zero-order valence-corrected chi connectivity index (χ0v) is 17.3. The van der Waals surface area contributed by atoms with Crippen molar-refractivity contribution in [2.45, 2.75) is 70.6 Å². The normalized spacial score (nSPS) is 19.5. The van der Waals surface area contributed by atoms with Crippen LogP contribution in [0.3, 0.4) is 0 Å². The smallest absolute Gasteiger partial charge is 0.248 e. The lowest BCUT2D eigenvalue weighted by Crippen LogP contribution is -2.43. The van der Waals surface area contributed by atoms with Crippen LogP contribution < -0.4 is 5.11 Å². The van der Waals surface area contributed by atoms with Crippen LogP contribution in [0.4, 0.5) is 0 Å². The Hall–Kier alpha value is -1.86. The van der Waals surface area contributed by atoms with Gasteiger partial charge in [-0.15, -0.1) is 5.54 Å². The Kier molecular flexibility index (Phi) is 6.24. The van der Waals surface area contributed by atoms with Crippen molar-refractivity contribution >= 4 is 20.2 Å². The minimum absolute atomic E-state index is 0.0858. The van der Waals surface area contributed by atoms with E-state index in [0.29, 0.717) is 23.0 Å². The van der Waals surface area contributed by atoms with E-state index in [1.165, 1.54) is 0 Å². The van der Waals surface area contributed by atoms with E-state index in [2.05, 4.69) is 58.1 Å². The van der Waals surface area contributed by atoms with Crippen LogP contribution >= 0.6 is 0 Å². The fourth-order valence-corrected chi connectivity index (χ4v) is 9.35. The van der Waals surface area contributed by atoms with Crippen molar-refractivity contribution in [2.24, 2.45) is 5.10 Å². The minimum Gasteiger partial charge on any atom is -0.857 e. The molecule has 2 rings (SSSR count). The van der Waals surface area contributed by atoms with Crippen LogP contribution in [0.5, 0.6) is 0 Å². The first-order valence-electron chi connectivity index (χ1n) is 9.22. The summed E-state index contributed by atoms with van der Waals surface area (Å²) in [6, 6.07) is 9.83. The second kappa shape index (κ2) is 8.01. The first-order valence-corrected chi connectivity index (χ1v) is 11.5. The Bertz CT molecular complexity index is 687. The lowest BCUT2D eigenvalue weighted by Gasteiger charge is -2.38. The summed E-state index contributed by atoms with van der Waals surface area (Å²) in [5.41, 5.74) is 6.51. The van der Waals surface area contributed by atoms with Gasteiger partial charge in [-0.05, 0) is 39.8 Å². The summed E-state index contributed by atoms with van der Waals surface area (Å²) < 4.78 is 1.75. The highest BCUT2D eigenvalue weighted by molar-refractivity contribution is 6.90. The molecule has 4 heteroatoms. The van der Waals surface area contributed by atoms with Gasteiger partial charge < -0.3 is 5.11 Å². The fraction of sp³-hybridized carbons (Fsp3) is 0.524. The van der Waals surface area contributed by atoms with E-state index < -0.39 is 8.07 Å². The van der Waals surface area contributed by atoms with Crippen molar-refractivity contribution in [2.75, 3.05) is 0 Å². The second-order valence-corrected chi connectivity index (χ2v) is 13.4. The van der Waals surface area contributed by atoms with Crippen LogP contribution in [0.25, 0.3) is 0 Å². The summed E-state index contributed by atoms with van der Waals surface area (Å²) in [4.78, 5) is 0. The molecular formula is C21H30N2OSi. The van der Waals surface area contributed by atoms with Gasteiger partial charge in [-0.3, -0.25) is 0 Å². The van der Waals surface area contributed by atoms with E-state index in [9.17, 15) is 5.11 Å². The van der Waals surface area contributed by atoms with Crippen molar-refractivity contribution in [1.82, 2.24) is 0 Å². The number of hydrazone groups is 1. The molecule has 1 heterocycles. The highest BCUT2D eigenvalue weighted by atomic mass is 28.3. The zero-order chi connectivity index (χ0) is 18.6. The first-order chi connectivity index (χ1) is 11.8. The van der Waals surface area contributed by atoms with Gasteiger partial charge >= 0.3 is 0 Å². The Labute approximate surface area is 153 Å². The van der Waals surface area contributed by atoms with Crippen LogP contribution in [-0.2, 0) is 0 Å². The molecule has 1 aromatic rings. The molecular weight excluding hydrogens is 324 g/mol. The van der Waals surface area contributed by atoms with Crippen LogP contribution in [0.1, 0.15) is 53.5 Å². The molecule has 0 aromatic heterocycles. The summed E-state index contributed by atoms with van der Waals surface area (Å²) >= 11 is 0. The van der Waals surface area contributed by atoms with Crippen molar-refractivity contribution < 1.29 is 9.79 Å². The third-order valence-corrected chi connectivity index (χ3v) is 11.6. The Morgan fingerprint density at radius 1 is 1.08 bits per heavy atom. The molecule has 3 nitrogen and oxygen atoms in total. The quantitative estimate of drug-likeness (QED) is 0.461. The molecule has 0 radical (unpaired) electrons. The molecule has 0 spiro atoms. The van der Waals surface area contributed by atoms with Gasteiger partial charge in [0.1, 0.15) is 8.07 Å². The van der Waals surface area contributed by atoms with Gasteiger partial charge in [0, 0.05) is 11.5 Å². The van der Waals surface area contributed by atoms with Crippen LogP contribution in [-0.4, -0.2) is 30.9 Å². The Balaban J connectivity index is 2.38. The fourth-order valence-electron chi connectivity index (χ4n) is 4.07. The standard InChI is InChI=1S/C21H30N2OSi/c1-16(2)25(17(3)4,18(5)6)13-12-20-14-21(24)22-23(20)15-19-10-8-7-9-11-19/h7-11,15-18,20H,14H2,1-6H3/b23-15-. The van der Waals surface area contributed by atoms with E-state index in [1.54, 1.807) is 4.68 Å². The SMILES string of the molecule is CC(C)[Si](C#CC1CC([O-])=N/[N+]1=C\c1ccccc1)(C(C)C)C(C)C. The second-order valence-electron chi connectivity index (χ2n) is 7.80. The summed E-state index contributed by atoms with van der Waals surface area (Å²) in [7, 11) is -1.79. The van der Waals surface area contributed by atoms with E-state index in [1.807, 2.05) is 36.5 Å². The molecule has 1 aliphatic heterocycles. The lowest BCUT2D eigenvalue weighted by molar-refractivity contribution is -0.543. The molecule has 0 fully saturated rings. The Morgan fingerprint density at radius 2 is 1.64 bits per heavy atom. The highest BCUT2D eigenvalue weighted by Gasteiger charge is 2.42. The lowest BCUT2D eigenvalue weighted by atomic mass is 10.2. The number of hydrogen-bond acceptors (Lipinski definition) is 2. The molecule has 0 amide bonds. The van der Waals surface area contributed by atoms with Gasteiger partial charge in [0.2, 0.25) is 12.3 Å². The molecule has 0 saturated heterocycles. The largest absolute Gasteiger partial charge is 0.857 e. The van der Waals surface area contributed by atoms with Crippen molar-refractivity contribution in [1.29, 1.82) is 0 Å². The van der Waals surface area contributed by atoms with Crippen LogP contribution in [0, 0.1) is 11.5 Å². The van der Waals surface area contributed by atoms with Gasteiger partial charge in [0.25, 0.3) is 0 Å². The molecule has 1 aromatic carbocycles. The van der Waals surface area contributed by atoms with Crippen molar-refractivity contribution in [3.05, 3.63) is 35.9 Å². The zero-order valence-electron chi connectivity index (χ0n) is 16.3. The van der Waals surface area contributed by atoms with E-state index >= 15 is 0 Å². The molecule has 1 aliphatic rings. The monoisotopic (exact) mass is 354 g/mol. The molecule has 25 heavy (non-hydrogen) atoms. The maximum Gasteiger partial charge on any atom is 0.248 e. The summed E-state index contributed by atoms with van der Waals surface area (Å²) in [6.45, 7) is 13.8. The third kappa shape index (κ3) is 4.22. The topological polar surface area (TPSA) is 38.4 Å². The van der Waals surface area contributed by atoms with Crippen LogP contribution in [0.2, 0.25) is 16.6 Å². The summed E-state index contributed by atoms with van der Waals surface area (Å²) in [6.07, 6.45) is 2.31. The maximum atomic E-state index is 11.9. The third-order valence-electron chi connectivity index (χ3n) is 5.32. The summed E-state index contributed by atoms with van der Waals surface area (Å²) in [5, 5.41) is 16.0. The molecule has 0 bridgehead atoms. The van der Waals surface area contributed by atoms with Gasteiger partial charge in [-0.2, -0.15) is 0 Å². The van der Waals surface area contributed by atoms with Crippen LogP contribution in [0.15, 0.2) is 35.4 Å². The molecule has 1 unspecified atom stereocenters. The number of hydrogen-bond donors (Lipinski definition) is 0. The van der Waals surface area contributed by atoms with E-state index in [-0.39, 0.29) is 11.9 Å². The number of rotatable bonds is 4. The van der Waals surface area contributed by atoms with Gasteiger partial charge in [-0.25, -0.2) is 0 Å². The molecule has 1 atom stereocenters. The first kappa shape index (κ1) is 19.5. The number of benzene rings is 1. The van der Waals surface area contributed by atoms with Crippen molar-refractivity contribution in [3.63, 3.8) is 0 Å².